The van der Waals surface area contributed by atoms with Crippen molar-refractivity contribution in [2.24, 2.45) is 5.92 Å². The molecule has 0 aromatic carbocycles. The van der Waals surface area contributed by atoms with Crippen LogP contribution in [0.15, 0.2) is 0 Å². The number of phosphoric ester groups is 1. The van der Waals surface area contributed by atoms with Crippen LogP contribution in [0.3, 0.4) is 0 Å². The third-order valence-corrected chi connectivity index (χ3v) is 7.41. The summed E-state index contributed by atoms with van der Waals surface area (Å²) >= 11 is 0. The van der Waals surface area contributed by atoms with Gasteiger partial charge in [-0.2, -0.15) is 0 Å². The summed E-state index contributed by atoms with van der Waals surface area (Å²) in [5, 5.41) is 3.03. The Kier molecular flexibility index (Phi) is 24.2. The Morgan fingerprint density at radius 1 is 0.794 bits per heavy atom. The molecule has 0 aliphatic carbocycles. The molecule has 34 heavy (non-hydrogen) atoms. The molecule has 0 aliphatic rings. The van der Waals surface area contributed by atoms with Crippen molar-refractivity contribution in [3.63, 3.8) is 0 Å². The first-order valence-electron chi connectivity index (χ1n) is 14.2. The fraction of sp³-hybridized carbons (Fsp3) is 0.963. The van der Waals surface area contributed by atoms with Crippen LogP contribution in [-0.4, -0.2) is 37.5 Å². The summed E-state index contributed by atoms with van der Waals surface area (Å²) in [6, 6.07) is 0. The van der Waals surface area contributed by atoms with Crippen LogP contribution in [0.4, 0.5) is 0 Å². The third kappa shape index (κ3) is 23.5. The first kappa shape index (κ1) is 33.7. The van der Waals surface area contributed by atoms with Crippen molar-refractivity contribution in [2.45, 2.75) is 136 Å². The van der Waals surface area contributed by atoms with Gasteiger partial charge < -0.3 is 10.2 Å². The van der Waals surface area contributed by atoms with Crippen molar-refractivity contribution in [3.05, 3.63) is 0 Å². The van der Waals surface area contributed by atoms with Gasteiger partial charge >= 0.3 is 7.82 Å². The van der Waals surface area contributed by atoms with Crippen molar-refractivity contribution >= 4 is 13.6 Å². The minimum Gasteiger partial charge on any atom is -0.320 e. The van der Waals surface area contributed by atoms with E-state index in [-0.39, 0.29) is 24.9 Å². The summed E-state index contributed by atoms with van der Waals surface area (Å²) in [7, 11) is -2.18. The second-order valence-corrected chi connectivity index (χ2v) is 11.2. The van der Waals surface area contributed by atoms with Crippen molar-refractivity contribution in [3.8, 4) is 0 Å². The first-order valence-corrected chi connectivity index (χ1v) is 15.7. The lowest BCUT2D eigenvalue weighted by Gasteiger charge is -2.18. The molecule has 2 unspecified atom stereocenters. The van der Waals surface area contributed by atoms with Crippen LogP contribution >= 0.6 is 7.82 Å². The maximum absolute atomic E-state index is 12.1. The molecular formula is C27H56NO5P. The van der Waals surface area contributed by atoms with Crippen LogP contribution in [0.2, 0.25) is 0 Å². The number of ketones is 1. The van der Waals surface area contributed by atoms with Crippen LogP contribution in [0.1, 0.15) is 136 Å². The fourth-order valence-electron chi connectivity index (χ4n) is 4.16. The minimum absolute atomic E-state index is 0.0156. The molecule has 0 aromatic rings. The van der Waals surface area contributed by atoms with Crippen molar-refractivity contribution < 1.29 is 23.3 Å². The molecule has 0 saturated heterocycles. The Morgan fingerprint density at radius 3 is 1.82 bits per heavy atom. The number of hydrogen-bond donors (Lipinski definition) is 2. The third-order valence-electron chi connectivity index (χ3n) is 6.43. The van der Waals surface area contributed by atoms with E-state index >= 15 is 0 Å². The standard InChI is InChI=1S/C27H56NO5P/c1-4-6-7-8-9-10-11-12-13-14-15-16-17-18-21-26(24-27(29)5-2)25-33-34(30,31)32-23-20-19-22-28-3/h26,28H,4-25H2,1-3H3,(H,30,31). The number of Topliss-reactive ketones (excluding diaryl/α,β-unsaturated/α-hetero) is 1. The van der Waals surface area contributed by atoms with Crippen LogP contribution in [0.25, 0.3) is 0 Å². The maximum Gasteiger partial charge on any atom is 0.472 e. The summed E-state index contributed by atoms with van der Waals surface area (Å²) < 4.78 is 22.4. The van der Waals surface area contributed by atoms with Gasteiger partial charge in [0.1, 0.15) is 5.78 Å². The molecule has 0 fully saturated rings. The molecule has 0 heterocycles. The topological polar surface area (TPSA) is 84.9 Å². The molecule has 0 rings (SSSR count). The molecule has 0 aromatic heterocycles. The monoisotopic (exact) mass is 505 g/mol. The lowest BCUT2D eigenvalue weighted by molar-refractivity contribution is -0.120. The average Bonchev–Trinajstić information content (AvgIpc) is 2.82. The van der Waals surface area contributed by atoms with Gasteiger partial charge in [0.2, 0.25) is 0 Å². The van der Waals surface area contributed by atoms with Crippen LogP contribution in [0.5, 0.6) is 0 Å². The number of hydrogen-bond acceptors (Lipinski definition) is 5. The molecule has 7 heteroatoms. The van der Waals surface area contributed by atoms with Crippen molar-refractivity contribution in [2.75, 3.05) is 26.8 Å². The van der Waals surface area contributed by atoms with Crippen LogP contribution in [-0.2, 0) is 18.4 Å². The molecular weight excluding hydrogens is 449 g/mol. The molecule has 0 amide bonds. The first-order chi connectivity index (χ1) is 16.4. The zero-order valence-corrected chi connectivity index (χ0v) is 23.6. The van der Waals surface area contributed by atoms with E-state index < -0.39 is 7.82 Å². The quantitative estimate of drug-likeness (QED) is 0.0869. The normalized spacial score (nSPS) is 14.2. The summed E-state index contributed by atoms with van der Waals surface area (Å²) in [5.74, 6) is 0.165. The fourth-order valence-corrected chi connectivity index (χ4v) is 4.99. The van der Waals surface area contributed by atoms with E-state index in [4.69, 9.17) is 9.05 Å². The summed E-state index contributed by atoms with van der Waals surface area (Å²) in [4.78, 5) is 21.9. The highest BCUT2D eigenvalue weighted by Crippen LogP contribution is 2.44. The zero-order valence-electron chi connectivity index (χ0n) is 22.7. The van der Waals surface area contributed by atoms with Gasteiger partial charge in [-0.25, -0.2) is 4.57 Å². The summed E-state index contributed by atoms with van der Waals surface area (Å²) in [5.41, 5.74) is 0. The lowest BCUT2D eigenvalue weighted by atomic mass is 9.95. The summed E-state index contributed by atoms with van der Waals surface area (Å²) in [6.07, 6.45) is 21.7. The molecule has 0 saturated carbocycles. The Balaban J connectivity index is 3.89. The van der Waals surface area contributed by atoms with E-state index in [1.54, 1.807) is 0 Å². The van der Waals surface area contributed by atoms with E-state index in [2.05, 4.69) is 12.2 Å². The van der Waals surface area contributed by atoms with E-state index in [0.29, 0.717) is 19.3 Å². The second kappa shape index (κ2) is 24.4. The molecule has 0 bridgehead atoms. The molecule has 204 valence electrons. The molecule has 0 radical (unpaired) electrons. The van der Waals surface area contributed by atoms with Crippen LogP contribution in [0, 0.1) is 5.92 Å². The van der Waals surface area contributed by atoms with Crippen molar-refractivity contribution in [1.29, 1.82) is 0 Å². The SMILES string of the molecule is CCCCCCCCCCCCCCCCC(COP(=O)(O)OCCCCNC)CC(=O)CC. The number of unbranched alkanes of at least 4 members (excludes halogenated alkanes) is 14. The van der Waals surface area contributed by atoms with E-state index in [1.165, 1.54) is 77.0 Å². The Bertz CT molecular complexity index is 503. The van der Waals surface area contributed by atoms with Gasteiger partial charge in [0.15, 0.2) is 0 Å². The lowest BCUT2D eigenvalue weighted by Crippen LogP contribution is -2.14. The molecule has 2 N–H and O–H groups in total. The zero-order chi connectivity index (χ0) is 25.3. The number of rotatable bonds is 27. The van der Waals surface area contributed by atoms with Gasteiger partial charge in [0.05, 0.1) is 13.2 Å². The Hall–Kier alpha value is -0.260. The number of nitrogens with one attached hydrogen (secondary N) is 1. The molecule has 6 nitrogen and oxygen atoms in total. The second-order valence-electron chi connectivity index (χ2n) is 9.76. The van der Waals surface area contributed by atoms with E-state index in [9.17, 15) is 14.3 Å². The minimum atomic E-state index is -4.05. The number of carbonyl (C=O) groups is 1. The smallest absolute Gasteiger partial charge is 0.320 e. The van der Waals surface area contributed by atoms with Gasteiger partial charge in [0.25, 0.3) is 0 Å². The largest absolute Gasteiger partial charge is 0.472 e. The van der Waals surface area contributed by atoms with Gasteiger partial charge in [-0.3, -0.25) is 13.8 Å². The molecule has 0 spiro atoms. The highest BCUT2D eigenvalue weighted by atomic mass is 31.2. The van der Waals surface area contributed by atoms with E-state index in [1.807, 2.05) is 14.0 Å². The predicted molar refractivity (Wildman–Crippen MR) is 143 cm³/mol. The maximum atomic E-state index is 12.1. The van der Waals surface area contributed by atoms with Gasteiger partial charge in [-0.1, -0.05) is 104 Å². The highest BCUT2D eigenvalue weighted by molar-refractivity contribution is 7.47. The Labute approximate surface area is 211 Å². The van der Waals surface area contributed by atoms with Gasteiger partial charge in [-0.15, -0.1) is 0 Å². The Morgan fingerprint density at radius 2 is 1.32 bits per heavy atom. The van der Waals surface area contributed by atoms with Gasteiger partial charge in [-0.05, 0) is 38.8 Å². The van der Waals surface area contributed by atoms with E-state index in [0.717, 1.165) is 32.2 Å². The predicted octanol–water partition coefficient (Wildman–Crippen LogP) is 7.98. The van der Waals surface area contributed by atoms with Gasteiger partial charge in [0, 0.05) is 12.8 Å². The number of phosphoric acid groups is 1. The average molecular weight is 506 g/mol. The molecule has 0 aliphatic heterocycles. The summed E-state index contributed by atoms with van der Waals surface area (Å²) in [6.45, 7) is 5.28. The van der Waals surface area contributed by atoms with Crippen LogP contribution < -0.4 is 5.32 Å². The number of carbonyl (C=O) groups excluding carboxylic acids is 1. The molecule has 2 atom stereocenters. The highest BCUT2D eigenvalue weighted by Gasteiger charge is 2.24. The van der Waals surface area contributed by atoms with Crippen molar-refractivity contribution in [1.82, 2.24) is 5.32 Å².